The zero-order valence-corrected chi connectivity index (χ0v) is 14.6. The Morgan fingerprint density at radius 2 is 1.62 bits per heavy atom. The van der Waals surface area contributed by atoms with Crippen molar-refractivity contribution >= 4 is 22.8 Å². The minimum atomic E-state index is -0.535. The van der Waals surface area contributed by atoms with Crippen LogP contribution < -0.4 is 20.3 Å². The lowest BCUT2D eigenvalue weighted by Crippen LogP contribution is -2.41. The fourth-order valence-electron chi connectivity index (χ4n) is 2.61. The van der Waals surface area contributed by atoms with E-state index in [-0.39, 0.29) is 5.76 Å². The van der Waals surface area contributed by atoms with Gasteiger partial charge in [0.1, 0.15) is 5.58 Å². The minimum absolute atomic E-state index is 0.152. The molecule has 0 spiro atoms. The monoisotopic (exact) mass is 354 g/mol. The van der Waals surface area contributed by atoms with E-state index in [9.17, 15) is 9.59 Å². The number of hydrogen-bond acceptors (Lipinski definition) is 5. The van der Waals surface area contributed by atoms with Gasteiger partial charge in [0.2, 0.25) is 0 Å². The summed E-state index contributed by atoms with van der Waals surface area (Å²) >= 11 is 0. The molecule has 3 aromatic rings. The molecule has 2 aromatic carbocycles. The zero-order valence-electron chi connectivity index (χ0n) is 14.6. The highest BCUT2D eigenvalue weighted by atomic mass is 16.5. The maximum atomic E-state index is 12.3. The molecule has 0 atom stereocenters. The Kier molecular flexibility index (Phi) is 4.79. The average molecular weight is 354 g/mol. The summed E-state index contributed by atoms with van der Waals surface area (Å²) in [6, 6.07) is 12.0. The van der Waals surface area contributed by atoms with Crippen molar-refractivity contribution in [2.24, 2.45) is 0 Å². The van der Waals surface area contributed by atoms with E-state index >= 15 is 0 Å². The van der Waals surface area contributed by atoms with Gasteiger partial charge in [0.05, 0.1) is 14.2 Å². The van der Waals surface area contributed by atoms with Gasteiger partial charge in [-0.1, -0.05) is 18.2 Å². The van der Waals surface area contributed by atoms with Gasteiger partial charge in [0, 0.05) is 16.5 Å². The highest BCUT2D eigenvalue weighted by Crippen LogP contribution is 2.27. The number of ether oxygens (including phenoxy) is 2. The van der Waals surface area contributed by atoms with E-state index in [0.29, 0.717) is 28.2 Å². The molecule has 0 bridgehead atoms. The van der Waals surface area contributed by atoms with Crippen molar-refractivity contribution in [2.75, 3.05) is 14.2 Å². The van der Waals surface area contributed by atoms with E-state index in [0.717, 1.165) is 5.39 Å². The molecule has 2 N–H and O–H groups in total. The quantitative estimate of drug-likeness (QED) is 0.703. The Labute approximate surface area is 149 Å². The summed E-state index contributed by atoms with van der Waals surface area (Å²) in [4.78, 5) is 24.6. The second kappa shape index (κ2) is 7.18. The highest BCUT2D eigenvalue weighted by Gasteiger charge is 2.18. The van der Waals surface area contributed by atoms with Crippen molar-refractivity contribution in [2.45, 2.75) is 6.92 Å². The number of rotatable bonds is 4. The van der Waals surface area contributed by atoms with E-state index < -0.39 is 11.8 Å². The second-order valence-electron chi connectivity index (χ2n) is 5.53. The standard InChI is InChI=1S/C19H18N2O5/c1-11-13-6-4-5-7-14(13)26-17(11)19(23)21-20-18(22)12-8-9-15(24-2)16(10-12)25-3/h4-10H,1-3H3,(H,20,22)(H,21,23). The van der Waals surface area contributed by atoms with Crippen LogP contribution in [0.2, 0.25) is 0 Å². The number of furan rings is 1. The van der Waals surface area contributed by atoms with Crippen LogP contribution in [0, 0.1) is 6.92 Å². The van der Waals surface area contributed by atoms with E-state index in [1.54, 1.807) is 25.1 Å². The molecule has 2 amide bonds. The number of carbonyl (C=O) groups is 2. The van der Waals surface area contributed by atoms with Crippen LogP contribution in [0.5, 0.6) is 11.5 Å². The maximum Gasteiger partial charge on any atom is 0.305 e. The molecule has 0 saturated carbocycles. The Bertz CT molecular complexity index is 977. The highest BCUT2D eigenvalue weighted by molar-refractivity contribution is 6.01. The lowest BCUT2D eigenvalue weighted by Gasteiger charge is -2.10. The number of fused-ring (bicyclic) bond motifs is 1. The molecule has 0 aliphatic carbocycles. The number of nitrogens with one attached hydrogen (secondary N) is 2. The van der Waals surface area contributed by atoms with Crippen LogP contribution in [0.1, 0.15) is 26.5 Å². The molecule has 26 heavy (non-hydrogen) atoms. The van der Waals surface area contributed by atoms with Crippen LogP contribution in [0.25, 0.3) is 11.0 Å². The number of para-hydroxylation sites is 1. The average Bonchev–Trinajstić information content (AvgIpc) is 3.02. The third kappa shape index (κ3) is 3.19. The molecule has 134 valence electrons. The number of hydrazine groups is 1. The van der Waals surface area contributed by atoms with Crippen molar-refractivity contribution in [1.29, 1.82) is 0 Å². The first-order chi connectivity index (χ1) is 12.5. The number of carbonyl (C=O) groups excluding carboxylic acids is 2. The lowest BCUT2D eigenvalue weighted by atomic mass is 10.1. The molecule has 7 heteroatoms. The second-order valence-corrected chi connectivity index (χ2v) is 5.53. The van der Waals surface area contributed by atoms with Crippen molar-refractivity contribution in [3.8, 4) is 11.5 Å². The normalized spacial score (nSPS) is 10.4. The number of hydrogen-bond donors (Lipinski definition) is 2. The van der Waals surface area contributed by atoms with Crippen molar-refractivity contribution in [3.05, 3.63) is 59.4 Å². The van der Waals surface area contributed by atoms with Crippen LogP contribution in [-0.4, -0.2) is 26.0 Å². The Balaban J connectivity index is 1.72. The summed E-state index contributed by atoms with van der Waals surface area (Å²) in [5, 5.41) is 0.851. The van der Waals surface area contributed by atoms with Crippen LogP contribution in [0.15, 0.2) is 46.9 Å². The fourth-order valence-corrected chi connectivity index (χ4v) is 2.61. The smallest absolute Gasteiger partial charge is 0.305 e. The van der Waals surface area contributed by atoms with Gasteiger partial charge in [-0.25, -0.2) is 0 Å². The molecule has 0 aliphatic rings. The maximum absolute atomic E-state index is 12.3. The first-order valence-electron chi connectivity index (χ1n) is 7.86. The van der Waals surface area contributed by atoms with Crippen LogP contribution >= 0.6 is 0 Å². The Hall–Kier alpha value is -3.48. The van der Waals surface area contributed by atoms with Gasteiger partial charge in [0.15, 0.2) is 17.3 Å². The third-order valence-electron chi connectivity index (χ3n) is 3.99. The van der Waals surface area contributed by atoms with E-state index in [1.165, 1.54) is 20.3 Å². The van der Waals surface area contributed by atoms with Gasteiger partial charge in [0.25, 0.3) is 5.91 Å². The first-order valence-corrected chi connectivity index (χ1v) is 7.86. The van der Waals surface area contributed by atoms with Gasteiger partial charge < -0.3 is 13.9 Å². The van der Waals surface area contributed by atoms with E-state index in [4.69, 9.17) is 13.9 Å². The number of benzene rings is 2. The molecule has 0 aliphatic heterocycles. The van der Waals surface area contributed by atoms with Crippen molar-refractivity contribution < 1.29 is 23.5 Å². The van der Waals surface area contributed by atoms with Crippen LogP contribution in [0.3, 0.4) is 0 Å². The first kappa shape index (κ1) is 17.3. The lowest BCUT2D eigenvalue weighted by molar-refractivity contribution is 0.0831. The molecule has 3 rings (SSSR count). The Morgan fingerprint density at radius 3 is 2.31 bits per heavy atom. The summed E-state index contributed by atoms with van der Waals surface area (Å²) in [6.07, 6.45) is 0. The van der Waals surface area contributed by atoms with Gasteiger partial charge in [-0.05, 0) is 31.2 Å². The van der Waals surface area contributed by atoms with Crippen molar-refractivity contribution in [3.63, 3.8) is 0 Å². The predicted molar refractivity (Wildman–Crippen MR) is 95.4 cm³/mol. The number of methoxy groups -OCH3 is 2. The molecule has 1 aromatic heterocycles. The molecule has 0 radical (unpaired) electrons. The summed E-state index contributed by atoms with van der Waals surface area (Å²) in [6.45, 7) is 1.79. The van der Waals surface area contributed by atoms with E-state index in [2.05, 4.69) is 10.9 Å². The summed E-state index contributed by atoms with van der Waals surface area (Å²) in [7, 11) is 2.99. The Morgan fingerprint density at radius 1 is 0.923 bits per heavy atom. The van der Waals surface area contributed by atoms with Crippen molar-refractivity contribution in [1.82, 2.24) is 10.9 Å². The summed E-state index contributed by atoms with van der Waals surface area (Å²) < 4.78 is 15.9. The molecule has 1 heterocycles. The van der Waals surface area contributed by atoms with Crippen LogP contribution in [-0.2, 0) is 0 Å². The fraction of sp³-hybridized carbons (Fsp3) is 0.158. The molecular weight excluding hydrogens is 336 g/mol. The van der Waals surface area contributed by atoms with Gasteiger partial charge in [-0.2, -0.15) is 0 Å². The number of amides is 2. The molecule has 7 nitrogen and oxygen atoms in total. The summed E-state index contributed by atoms with van der Waals surface area (Å²) in [5.41, 5.74) is 6.35. The topological polar surface area (TPSA) is 89.8 Å². The molecular formula is C19H18N2O5. The van der Waals surface area contributed by atoms with Crippen LogP contribution in [0.4, 0.5) is 0 Å². The molecule has 0 fully saturated rings. The minimum Gasteiger partial charge on any atom is -0.493 e. The zero-order chi connectivity index (χ0) is 18.7. The van der Waals surface area contributed by atoms with Gasteiger partial charge >= 0.3 is 5.91 Å². The van der Waals surface area contributed by atoms with Gasteiger partial charge in [-0.3, -0.25) is 20.4 Å². The molecule has 0 unspecified atom stereocenters. The third-order valence-corrected chi connectivity index (χ3v) is 3.99. The SMILES string of the molecule is COc1ccc(C(=O)NNC(=O)c2oc3ccccc3c2C)cc1OC. The van der Waals surface area contributed by atoms with E-state index in [1.807, 2.05) is 18.2 Å². The van der Waals surface area contributed by atoms with Gasteiger partial charge in [-0.15, -0.1) is 0 Å². The predicted octanol–water partition coefficient (Wildman–Crippen LogP) is 2.83. The number of aryl methyl sites for hydroxylation is 1. The molecule has 0 saturated heterocycles. The summed E-state index contributed by atoms with van der Waals surface area (Å²) in [5.74, 6) is 0.0463. The largest absolute Gasteiger partial charge is 0.493 e.